The molecule has 0 aromatic rings. The van der Waals surface area contributed by atoms with Crippen LogP contribution in [0.15, 0.2) is 0 Å². The third kappa shape index (κ3) is 23.6. The molecule has 0 aliphatic heterocycles. The lowest BCUT2D eigenvalue weighted by Gasteiger charge is -2.24. The van der Waals surface area contributed by atoms with Crippen LogP contribution in [0.5, 0.6) is 0 Å². The Morgan fingerprint density at radius 3 is 1.46 bits per heavy atom. The van der Waals surface area contributed by atoms with Crippen molar-refractivity contribution >= 4 is 23.6 Å². The Morgan fingerprint density at radius 2 is 1.09 bits per heavy atom. The van der Waals surface area contributed by atoms with Gasteiger partial charge in [-0.25, -0.2) is 4.79 Å². The molecular formula is C28H51NO6. The SMILES string of the molecule is CC(=O)CCCCCCCCCCCCCCCCC(=O)NC(CCC(=O)O)C(=O)OC(C)(C)C. The molecule has 35 heavy (non-hydrogen) atoms. The predicted molar refractivity (Wildman–Crippen MR) is 139 cm³/mol. The van der Waals surface area contributed by atoms with E-state index in [1.165, 1.54) is 64.2 Å². The average molecular weight is 498 g/mol. The van der Waals surface area contributed by atoms with Gasteiger partial charge in [0.05, 0.1) is 0 Å². The van der Waals surface area contributed by atoms with E-state index < -0.39 is 23.6 Å². The van der Waals surface area contributed by atoms with Crippen molar-refractivity contribution in [3.8, 4) is 0 Å². The Bertz CT molecular complexity index is 611. The van der Waals surface area contributed by atoms with E-state index in [-0.39, 0.29) is 18.7 Å². The van der Waals surface area contributed by atoms with Gasteiger partial charge in [0.25, 0.3) is 0 Å². The fraction of sp³-hybridized carbons (Fsp3) is 0.857. The number of hydrogen-bond acceptors (Lipinski definition) is 5. The molecule has 1 amide bonds. The normalized spacial score (nSPS) is 12.2. The number of carboxylic acids is 1. The van der Waals surface area contributed by atoms with E-state index in [1.54, 1.807) is 27.7 Å². The van der Waals surface area contributed by atoms with E-state index in [9.17, 15) is 19.2 Å². The van der Waals surface area contributed by atoms with E-state index >= 15 is 0 Å². The minimum absolute atomic E-state index is 0.0249. The number of esters is 1. The molecule has 0 radical (unpaired) electrons. The highest BCUT2D eigenvalue weighted by molar-refractivity contribution is 5.85. The van der Waals surface area contributed by atoms with Crippen molar-refractivity contribution in [3.63, 3.8) is 0 Å². The van der Waals surface area contributed by atoms with Gasteiger partial charge in [0.1, 0.15) is 17.4 Å². The summed E-state index contributed by atoms with van der Waals surface area (Å²) in [5.74, 6) is -1.53. The minimum Gasteiger partial charge on any atom is -0.481 e. The molecule has 1 unspecified atom stereocenters. The van der Waals surface area contributed by atoms with Crippen LogP contribution in [0.1, 0.15) is 143 Å². The average Bonchev–Trinajstić information content (AvgIpc) is 2.74. The van der Waals surface area contributed by atoms with Gasteiger partial charge in [0.2, 0.25) is 5.91 Å². The summed E-state index contributed by atoms with van der Waals surface area (Å²) in [5, 5.41) is 11.6. The van der Waals surface area contributed by atoms with Gasteiger partial charge in [0.15, 0.2) is 0 Å². The van der Waals surface area contributed by atoms with Gasteiger partial charge in [-0.2, -0.15) is 0 Å². The second-order valence-electron chi connectivity index (χ2n) is 10.7. The van der Waals surface area contributed by atoms with Crippen molar-refractivity contribution in [2.45, 2.75) is 155 Å². The Morgan fingerprint density at radius 1 is 0.686 bits per heavy atom. The van der Waals surface area contributed by atoms with E-state index in [1.807, 2.05) is 0 Å². The van der Waals surface area contributed by atoms with E-state index in [2.05, 4.69) is 5.32 Å². The minimum atomic E-state index is -1.01. The molecule has 0 aromatic carbocycles. The van der Waals surface area contributed by atoms with Gasteiger partial charge in [0, 0.05) is 19.3 Å². The molecule has 0 spiro atoms. The summed E-state index contributed by atoms with van der Waals surface area (Å²) in [6.07, 6.45) is 17.3. The zero-order chi connectivity index (χ0) is 26.5. The van der Waals surface area contributed by atoms with Gasteiger partial charge < -0.3 is 20.0 Å². The number of unbranched alkanes of at least 4 members (excludes halogenated alkanes) is 13. The van der Waals surface area contributed by atoms with Crippen molar-refractivity contribution in [2.75, 3.05) is 0 Å². The van der Waals surface area contributed by atoms with E-state index in [0.29, 0.717) is 12.2 Å². The van der Waals surface area contributed by atoms with Gasteiger partial charge in [-0.1, -0.05) is 77.0 Å². The zero-order valence-corrected chi connectivity index (χ0v) is 22.8. The number of carbonyl (C=O) groups is 4. The second kappa shape index (κ2) is 20.3. The lowest BCUT2D eigenvalue weighted by molar-refractivity contribution is -0.159. The van der Waals surface area contributed by atoms with Crippen LogP contribution >= 0.6 is 0 Å². The number of hydrogen-bond donors (Lipinski definition) is 2. The molecule has 0 fully saturated rings. The number of nitrogens with one attached hydrogen (secondary N) is 1. The smallest absolute Gasteiger partial charge is 0.329 e. The van der Waals surface area contributed by atoms with Gasteiger partial charge in [-0.05, 0) is 47.0 Å². The van der Waals surface area contributed by atoms with Gasteiger partial charge in [-0.3, -0.25) is 9.59 Å². The first-order valence-corrected chi connectivity index (χ1v) is 13.7. The number of Topliss-reactive ketones (excluding diaryl/α,β-unsaturated/α-hetero) is 1. The molecule has 1 atom stereocenters. The first-order valence-electron chi connectivity index (χ1n) is 13.7. The molecule has 0 heterocycles. The van der Waals surface area contributed by atoms with Gasteiger partial charge in [-0.15, -0.1) is 0 Å². The van der Waals surface area contributed by atoms with E-state index in [0.717, 1.165) is 32.1 Å². The molecule has 0 saturated carbocycles. The maximum absolute atomic E-state index is 12.3. The van der Waals surface area contributed by atoms with E-state index in [4.69, 9.17) is 9.84 Å². The maximum Gasteiger partial charge on any atom is 0.329 e. The summed E-state index contributed by atoms with van der Waals surface area (Å²) in [6.45, 7) is 6.88. The van der Waals surface area contributed by atoms with Crippen molar-refractivity contribution in [3.05, 3.63) is 0 Å². The monoisotopic (exact) mass is 497 g/mol. The van der Waals surface area contributed by atoms with Crippen molar-refractivity contribution in [1.82, 2.24) is 5.32 Å². The number of rotatable bonds is 22. The molecule has 0 bridgehead atoms. The molecule has 7 nitrogen and oxygen atoms in total. The summed E-state index contributed by atoms with van der Waals surface area (Å²) in [7, 11) is 0. The highest BCUT2D eigenvalue weighted by Gasteiger charge is 2.27. The van der Waals surface area contributed by atoms with Crippen LogP contribution < -0.4 is 5.32 Å². The number of carboxylic acid groups (broad SMARTS) is 1. The van der Waals surface area contributed by atoms with Crippen molar-refractivity contribution in [1.29, 1.82) is 0 Å². The standard InChI is InChI=1S/C28H51NO6/c1-23(30)19-17-15-13-11-9-7-5-6-8-10-12-14-16-18-20-25(31)29-24(21-22-26(32)33)27(34)35-28(2,3)4/h24H,5-22H2,1-4H3,(H,29,31)(H,32,33). The summed E-state index contributed by atoms with van der Waals surface area (Å²) in [4.78, 5) is 46.3. The summed E-state index contributed by atoms with van der Waals surface area (Å²) < 4.78 is 5.31. The number of ether oxygens (including phenoxy) is 1. The number of ketones is 1. The predicted octanol–water partition coefficient (Wildman–Crippen LogP) is 6.51. The molecule has 0 aromatic heterocycles. The Kier molecular flexibility index (Phi) is 19.2. The lowest BCUT2D eigenvalue weighted by Crippen LogP contribution is -2.44. The fourth-order valence-electron chi connectivity index (χ4n) is 3.94. The molecule has 2 N–H and O–H groups in total. The summed E-state index contributed by atoms with van der Waals surface area (Å²) in [6, 6.07) is -0.926. The van der Waals surface area contributed by atoms with Crippen LogP contribution in [0.25, 0.3) is 0 Å². The molecule has 0 aliphatic rings. The lowest BCUT2D eigenvalue weighted by atomic mass is 10.0. The largest absolute Gasteiger partial charge is 0.481 e. The van der Waals surface area contributed by atoms with Crippen LogP contribution in [-0.4, -0.2) is 40.4 Å². The zero-order valence-electron chi connectivity index (χ0n) is 22.8. The van der Waals surface area contributed by atoms with Crippen molar-refractivity contribution < 1.29 is 29.0 Å². The van der Waals surface area contributed by atoms with Gasteiger partial charge >= 0.3 is 11.9 Å². The highest BCUT2D eigenvalue weighted by Crippen LogP contribution is 2.14. The van der Waals surface area contributed by atoms with Crippen LogP contribution in [0.2, 0.25) is 0 Å². The Balaban J connectivity index is 3.75. The first-order chi connectivity index (χ1) is 16.5. The summed E-state index contributed by atoms with van der Waals surface area (Å²) >= 11 is 0. The third-order valence-electron chi connectivity index (χ3n) is 5.86. The van der Waals surface area contributed by atoms with Crippen LogP contribution in [0.4, 0.5) is 0 Å². The quantitative estimate of drug-likeness (QED) is 0.130. The fourth-order valence-corrected chi connectivity index (χ4v) is 3.94. The number of amides is 1. The molecule has 0 rings (SSSR count). The first kappa shape index (κ1) is 33.1. The Hall–Kier alpha value is -1.92. The molecular weight excluding hydrogens is 446 g/mol. The van der Waals surface area contributed by atoms with Crippen LogP contribution in [-0.2, 0) is 23.9 Å². The summed E-state index contributed by atoms with van der Waals surface area (Å²) in [5.41, 5.74) is -0.694. The van der Waals surface area contributed by atoms with Crippen molar-refractivity contribution in [2.24, 2.45) is 0 Å². The second-order valence-corrected chi connectivity index (χ2v) is 10.7. The highest BCUT2D eigenvalue weighted by atomic mass is 16.6. The van der Waals surface area contributed by atoms with Crippen LogP contribution in [0.3, 0.4) is 0 Å². The van der Waals surface area contributed by atoms with Crippen LogP contribution in [0, 0.1) is 0 Å². The topological polar surface area (TPSA) is 110 Å². The molecule has 0 saturated heterocycles. The molecule has 7 heteroatoms. The Labute approximate surface area is 213 Å². The number of aliphatic carboxylic acids is 1. The molecule has 0 aliphatic carbocycles. The number of carbonyl (C=O) groups excluding carboxylic acids is 3. The molecule has 204 valence electrons. The maximum atomic E-state index is 12.3. The third-order valence-corrected chi connectivity index (χ3v) is 5.86.